The highest BCUT2D eigenvalue weighted by Gasteiger charge is 2.49. The number of rotatable bonds is 8. The zero-order chi connectivity index (χ0) is 21.4. The van der Waals surface area contributed by atoms with E-state index in [1.165, 1.54) is 37.7 Å². The van der Waals surface area contributed by atoms with Crippen molar-refractivity contribution in [2.24, 2.45) is 16.7 Å². The van der Waals surface area contributed by atoms with Crippen LogP contribution in [-0.4, -0.2) is 47.7 Å². The number of likely N-dealkylation sites (tertiary alicyclic amines) is 1. The van der Waals surface area contributed by atoms with Crippen molar-refractivity contribution < 1.29 is 9.90 Å². The summed E-state index contributed by atoms with van der Waals surface area (Å²) in [5.74, 6) is 0.0225. The second kappa shape index (κ2) is 8.47. The van der Waals surface area contributed by atoms with Crippen LogP contribution in [0.4, 0.5) is 0 Å². The molecule has 0 amide bonds. The second-order valence-electron chi connectivity index (χ2n) is 10.7. The van der Waals surface area contributed by atoms with E-state index in [0.717, 1.165) is 19.5 Å². The number of hydrogen-bond donors (Lipinski definition) is 2. The Morgan fingerprint density at radius 3 is 2.50 bits per heavy atom. The molecule has 4 rings (SSSR count). The van der Waals surface area contributed by atoms with Crippen LogP contribution in [0.5, 0.6) is 0 Å². The summed E-state index contributed by atoms with van der Waals surface area (Å²) < 4.78 is 0. The van der Waals surface area contributed by atoms with Crippen LogP contribution < -0.4 is 5.32 Å². The van der Waals surface area contributed by atoms with E-state index in [9.17, 15) is 9.90 Å². The van der Waals surface area contributed by atoms with Crippen molar-refractivity contribution >= 4 is 12.0 Å². The lowest BCUT2D eigenvalue weighted by Gasteiger charge is -2.53. The quantitative estimate of drug-likeness (QED) is 0.645. The molecule has 0 unspecified atom stereocenters. The van der Waals surface area contributed by atoms with Crippen LogP contribution in [0, 0.1) is 16.7 Å². The van der Waals surface area contributed by atoms with Crippen LogP contribution in [-0.2, 0) is 4.79 Å². The number of nitrogens with zero attached hydrogens (tertiary/aromatic N) is 1. The molecule has 3 fully saturated rings. The standard InChI is InChI=1S/C26H38N2O2/c1-4-20(14-19-8-6-5-7-9-19)22-15-23(22)27-21-16-26(17-21)10-12-28(13-11-26)18-25(2,3)24(29)30/h5-9,14,21-23,27H,4,10-13,15-18H2,1-3H3,(H,29,30)/b20-14+/t22-,23+/m0/s1. The molecule has 2 N–H and O–H groups in total. The van der Waals surface area contributed by atoms with Gasteiger partial charge in [-0.05, 0) is 82.4 Å². The molecule has 1 spiro atoms. The van der Waals surface area contributed by atoms with E-state index in [2.05, 4.69) is 53.5 Å². The van der Waals surface area contributed by atoms with Crippen LogP contribution in [0.3, 0.4) is 0 Å². The van der Waals surface area contributed by atoms with Crippen molar-refractivity contribution in [1.29, 1.82) is 0 Å². The Bertz CT molecular complexity index is 769. The monoisotopic (exact) mass is 410 g/mol. The average Bonchev–Trinajstić information content (AvgIpc) is 3.46. The molecule has 0 radical (unpaired) electrons. The van der Waals surface area contributed by atoms with Crippen molar-refractivity contribution in [3.8, 4) is 0 Å². The Labute approximate surface area is 181 Å². The number of nitrogens with one attached hydrogen (secondary N) is 1. The van der Waals surface area contributed by atoms with E-state index < -0.39 is 11.4 Å². The summed E-state index contributed by atoms with van der Waals surface area (Å²) in [4.78, 5) is 13.8. The molecule has 4 nitrogen and oxygen atoms in total. The molecule has 3 aliphatic rings. The van der Waals surface area contributed by atoms with Gasteiger partial charge in [-0.15, -0.1) is 0 Å². The van der Waals surface area contributed by atoms with Gasteiger partial charge in [-0.2, -0.15) is 0 Å². The van der Waals surface area contributed by atoms with E-state index in [1.54, 1.807) is 5.57 Å². The van der Waals surface area contributed by atoms with Crippen molar-refractivity contribution in [1.82, 2.24) is 10.2 Å². The number of aliphatic carboxylic acids is 1. The summed E-state index contributed by atoms with van der Waals surface area (Å²) in [6.07, 6.45) is 9.87. The van der Waals surface area contributed by atoms with Gasteiger partial charge in [0.2, 0.25) is 0 Å². The summed E-state index contributed by atoms with van der Waals surface area (Å²) in [5, 5.41) is 13.3. The van der Waals surface area contributed by atoms with Crippen molar-refractivity contribution in [2.45, 2.75) is 71.4 Å². The molecular weight excluding hydrogens is 372 g/mol. The Morgan fingerprint density at radius 2 is 1.90 bits per heavy atom. The second-order valence-corrected chi connectivity index (χ2v) is 10.7. The molecule has 1 aliphatic heterocycles. The fraction of sp³-hybridized carbons (Fsp3) is 0.654. The highest BCUT2D eigenvalue weighted by Crippen LogP contribution is 2.51. The molecule has 2 atom stereocenters. The first-order valence-corrected chi connectivity index (χ1v) is 11.8. The van der Waals surface area contributed by atoms with Gasteiger partial charge in [0, 0.05) is 18.6 Å². The van der Waals surface area contributed by atoms with E-state index in [1.807, 2.05) is 13.8 Å². The number of hydrogen-bond acceptors (Lipinski definition) is 3. The predicted molar refractivity (Wildman–Crippen MR) is 122 cm³/mol. The molecule has 2 saturated carbocycles. The molecule has 164 valence electrons. The minimum absolute atomic E-state index is 0.513. The first kappa shape index (κ1) is 21.6. The lowest BCUT2D eigenvalue weighted by atomic mass is 9.60. The highest BCUT2D eigenvalue weighted by atomic mass is 16.4. The molecule has 30 heavy (non-hydrogen) atoms. The fourth-order valence-electron chi connectivity index (χ4n) is 5.65. The summed E-state index contributed by atoms with van der Waals surface area (Å²) in [5.41, 5.74) is 2.77. The van der Waals surface area contributed by atoms with Gasteiger partial charge in [0.05, 0.1) is 5.41 Å². The summed E-state index contributed by atoms with van der Waals surface area (Å²) >= 11 is 0. The van der Waals surface area contributed by atoms with E-state index in [0.29, 0.717) is 30.0 Å². The first-order valence-electron chi connectivity index (χ1n) is 11.8. The Balaban J connectivity index is 1.21. The van der Waals surface area contributed by atoms with Gasteiger partial charge in [-0.1, -0.05) is 48.9 Å². The van der Waals surface area contributed by atoms with Gasteiger partial charge in [0.25, 0.3) is 0 Å². The molecule has 0 aromatic heterocycles. The smallest absolute Gasteiger partial charge is 0.310 e. The average molecular weight is 411 g/mol. The Morgan fingerprint density at radius 1 is 1.23 bits per heavy atom. The molecule has 4 heteroatoms. The number of benzene rings is 1. The molecule has 1 aromatic carbocycles. The van der Waals surface area contributed by atoms with Gasteiger partial charge in [-0.3, -0.25) is 4.79 Å². The molecule has 2 aliphatic carbocycles. The minimum atomic E-state index is -0.692. The minimum Gasteiger partial charge on any atom is -0.481 e. The van der Waals surface area contributed by atoms with E-state index in [4.69, 9.17) is 0 Å². The molecular formula is C26H38N2O2. The molecule has 1 aromatic rings. The van der Waals surface area contributed by atoms with Crippen molar-refractivity contribution in [2.75, 3.05) is 19.6 Å². The first-order chi connectivity index (χ1) is 14.3. The number of carboxylic acid groups (broad SMARTS) is 1. The third-order valence-corrected chi connectivity index (χ3v) is 7.75. The van der Waals surface area contributed by atoms with Gasteiger partial charge in [0.1, 0.15) is 0 Å². The maximum Gasteiger partial charge on any atom is 0.310 e. The normalized spacial score (nSPS) is 27.1. The van der Waals surface area contributed by atoms with Gasteiger partial charge in [0.15, 0.2) is 0 Å². The number of piperidine rings is 1. The number of carbonyl (C=O) groups is 1. The number of carboxylic acids is 1. The van der Waals surface area contributed by atoms with E-state index >= 15 is 0 Å². The van der Waals surface area contributed by atoms with Gasteiger partial charge >= 0.3 is 5.97 Å². The van der Waals surface area contributed by atoms with Gasteiger partial charge in [-0.25, -0.2) is 0 Å². The highest BCUT2D eigenvalue weighted by molar-refractivity contribution is 5.73. The largest absolute Gasteiger partial charge is 0.481 e. The zero-order valence-corrected chi connectivity index (χ0v) is 18.9. The summed E-state index contributed by atoms with van der Waals surface area (Å²) in [6.45, 7) is 8.72. The lowest BCUT2D eigenvalue weighted by molar-refractivity contribution is -0.148. The Kier molecular flexibility index (Phi) is 6.09. The lowest BCUT2D eigenvalue weighted by Crippen LogP contribution is -2.55. The third-order valence-electron chi connectivity index (χ3n) is 7.75. The molecule has 0 bridgehead atoms. The fourth-order valence-corrected chi connectivity index (χ4v) is 5.65. The van der Waals surface area contributed by atoms with Crippen LogP contribution >= 0.6 is 0 Å². The van der Waals surface area contributed by atoms with Crippen LogP contribution in [0.2, 0.25) is 0 Å². The third kappa shape index (κ3) is 4.81. The zero-order valence-electron chi connectivity index (χ0n) is 18.9. The van der Waals surface area contributed by atoms with E-state index in [-0.39, 0.29) is 0 Å². The maximum atomic E-state index is 11.4. The Hall–Kier alpha value is -1.65. The summed E-state index contributed by atoms with van der Waals surface area (Å²) in [6, 6.07) is 12.0. The SMILES string of the molecule is CC/C(=C\c1ccccc1)[C@@H]1C[C@H]1NC1CC2(CCN(CC(C)(C)C(=O)O)CC2)C1. The van der Waals surface area contributed by atoms with Crippen molar-refractivity contribution in [3.05, 3.63) is 41.5 Å². The van der Waals surface area contributed by atoms with Crippen molar-refractivity contribution in [3.63, 3.8) is 0 Å². The van der Waals surface area contributed by atoms with Gasteiger partial charge < -0.3 is 15.3 Å². The van der Waals surface area contributed by atoms with Crippen LogP contribution in [0.1, 0.15) is 64.9 Å². The summed E-state index contributed by atoms with van der Waals surface area (Å²) in [7, 11) is 0. The van der Waals surface area contributed by atoms with Crippen LogP contribution in [0.15, 0.2) is 35.9 Å². The molecule has 1 heterocycles. The maximum absolute atomic E-state index is 11.4. The molecule has 1 saturated heterocycles. The predicted octanol–water partition coefficient (Wildman–Crippen LogP) is 4.81. The topological polar surface area (TPSA) is 52.6 Å². The van der Waals surface area contributed by atoms with Crippen LogP contribution in [0.25, 0.3) is 6.08 Å².